The van der Waals surface area contributed by atoms with Gasteiger partial charge < -0.3 is 9.84 Å². The third-order valence-corrected chi connectivity index (χ3v) is 4.44. The lowest BCUT2D eigenvalue weighted by molar-refractivity contribution is -0.206. The van der Waals surface area contributed by atoms with Crippen LogP contribution >= 0.6 is 31.4 Å². The Hall–Kier alpha value is -1.05. The largest absolute Gasteiger partial charge is 0.823 e. The molecule has 0 saturated heterocycles. The van der Waals surface area contributed by atoms with Gasteiger partial charge in [-0.25, -0.2) is 0 Å². The van der Waals surface area contributed by atoms with E-state index in [2.05, 4.69) is 13.8 Å². The zero-order chi connectivity index (χ0) is 16.1. The van der Waals surface area contributed by atoms with Gasteiger partial charge in [-0.15, -0.1) is 5.48 Å². The summed E-state index contributed by atoms with van der Waals surface area (Å²) < 4.78 is 5.62. The number of benzene rings is 2. The summed E-state index contributed by atoms with van der Waals surface area (Å²) in [6.45, 7) is 4.86. The van der Waals surface area contributed by atoms with Crippen molar-refractivity contribution in [3.63, 3.8) is 0 Å². The van der Waals surface area contributed by atoms with E-state index in [0.717, 1.165) is 11.1 Å². The van der Waals surface area contributed by atoms with E-state index < -0.39 is 0 Å². The summed E-state index contributed by atoms with van der Waals surface area (Å²) in [7, 11) is 0.537. The van der Waals surface area contributed by atoms with Gasteiger partial charge in [0.05, 0.1) is 6.61 Å². The molecule has 0 heterocycles. The molecule has 0 saturated carbocycles. The van der Waals surface area contributed by atoms with Gasteiger partial charge in [-0.05, 0) is 42.3 Å². The predicted molar refractivity (Wildman–Crippen MR) is 93.9 cm³/mol. The average Bonchev–Trinajstić information content (AvgIpc) is 2.46. The predicted octanol–water partition coefficient (Wildman–Crippen LogP) is 4.14. The van der Waals surface area contributed by atoms with Crippen molar-refractivity contribution in [2.75, 3.05) is 6.61 Å². The van der Waals surface area contributed by atoms with Crippen LogP contribution in [-0.2, 0) is 0 Å². The molecule has 0 fully saturated rings. The lowest BCUT2D eigenvalue weighted by atomic mass is 10.2. The fourth-order valence-electron chi connectivity index (χ4n) is 1.76. The van der Waals surface area contributed by atoms with E-state index >= 15 is 0 Å². The number of hydrogen-bond donors (Lipinski definition) is 0. The highest BCUT2D eigenvalue weighted by Gasteiger charge is 2.04. The fourth-order valence-corrected chi connectivity index (χ4v) is 3.34. The van der Waals surface area contributed by atoms with Gasteiger partial charge in [0.15, 0.2) is 0 Å². The van der Waals surface area contributed by atoms with E-state index in [9.17, 15) is 5.11 Å². The summed E-state index contributed by atoms with van der Waals surface area (Å²) in [4.78, 5) is 0. The maximum absolute atomic E-state index is 12.3. The van der Waals surface area contributed by atoms with Gasteiger partial charge in [0.2, 0.25) is 0 Å². The molecule has 0 bridgehead atoms. The molecule has 2 rings (SSSR count). The molecule has 0 N–H and O–H groups in total. The fraction of sp³-hybridized carbons (Fsp3) is 0.235. The Kier molecular flexibility index (Phi) is 6.28. The standard InChI is InChI=1S/C17H17Cl2O2P/c1-11(2)10-21-12-6-8-13(9-7-12)22-17(20)16-14(18)4-3-5-15(16)19/h3-9,11,20H,10H2,1-2H3/p-1. The normalized spacial score (nSPS) is 11.8. The van der Waals surface area contributed by atoms with Gasteiger partial charge >= 0.3 is 0 Å². The molecule has 0 radical (unpaired) electrons. The monoisotopic (exact) mass is 353 g/mol. The van der Waals surface area contributed by atoms with E-state index in [4.69, 9.17) is 27.9 Å². The Labute approximate surface area is 142 Å². The molecule has 0 spiro atoms. The smallest absolute Gasteiger partial charge is 0.119 e. The zero-order valence-electron chi connectivity index (χ0n) is 12.3. The van der Waals surface area contributed by atoms with Crippen molar-refractivity contribution in [2.45, 2.75) is 13.8 Å². The number of ether oxygens (including phenoxy) is 1. The van der Waals surface area contributed by atoms with Crippen LogP contribution in [0, 0.1) is 5.92 Å². The Bertz CT molecular complexity index is 647. The third kappa shape index (κ3) is 4.72. The molecular formula is C17H16Cl2O2P-. The molecule has 0 amide bonds. The van der Waals surface area contributed by atoms with Crippen LogP contribution in [0.5, 0.6) is 5.75 Å². The number of hydrogen-bond acceptors (Lipinski definition) is 2. The van der Waals surface area contributed by atoms with Crippen molar-refractivity contribution in [1.29, 1.82) is 0 Å². The van der Waals surface area contributed by atoms with E-state index in [0.29, 0.717) is 36.3 Å². The van der Waals surface area contributed by atoms with Crippen LogP contribution in [0.2, 0.25) is 10.0 Å². The van der Waals surface area contributed by atoms with Crippen molar-refractivity contribution in [1.82, 2.24) is 0 Å². The van der Waals surface area contributed by atoms with Gasteiger partial charge in [-0.2, -0.15) is 0 Å². The molecule has 5 heteroatoms. The molecular weight excluding hydrogens is 338 g/mol. The second-order valence-corrected chi connectivity index (χ2v) is 7.17. The second kappa shape index (κ2) is 7.99. The minimum Gasteiger partial charge on any atom is -0.823 e. The Morgan fingerprint density at radius 3 is 2.23 bits per heavy atom. The highest BCUT2D eigenvalue weighted by molar-refractivity contribution is 7.49. The summed E-state index contributed by atoms with van der Waals surface area (Å²) in [5, 5.41) is 14.0. The van der Waals surface area contributed by atoms with Gasteiger partial charge in [-0.1, -0.05) is 51.3 Å². The van der Waals surface area contributed by atoms with Crippen LogP contribution in [0.1, 0.15) is 19.4 Å². The van der Waals surface area contributed by atoms with Crippen LogP contribution < -0.4 is 15.1 Å². The van der Waals surface area contributed by atoms with Crippen LogP contribution in [0.15, 0.2) is 42.5 Å². The minimum atomic E-state index is -0.119. The molecule has 0 atom stereocenters. The van der Waals surface area contributed by atoms with Gasteiger partial charge in [0.1, 0.15) is 5.75 Å². The first kappa shape index (κ1) is 17.3. The van der Waals surface area contributed by atoms with Gasteiger partial charge in [0, 0.05) is 20.9 Å². The first-order valence-electron chi connectivity index (χ1n) is 6.90. The first-order valence-corrected chi connectivity index (χ1v) is 8.55. The van der Waals surface area contributed by atoms with Gasteiger partial charge in [-0.3, -0.25) is 0 Å². The molecule has 0 aliphatic heterocycles. The third-order valence-electron chi connectivity index (χ3n) is 2.83. The highest BCUT2D eigenvalue weighted by atomic mass is 35.5. The summed E-state index contributed by atoms with van der Waals surface area (Å²) in [6.07, 6.45) is 0. The van der Waals surface area contributed by atoms with Crippen LogP contribution in [0.3, 0.4) is 0 Å². The lowest BCUT2D eigenvalue weighted by Crippen LogP contribution is -2.18. The molecule has 0 unspecified atom stereocenters. The molecule has 2 aromatic carbocycles. The van der Waals surface area contributed by atoms with Crippen molar-refractivity contribution >= 4 is 42.2 Å². The van der Waals surface area contributed by atoms with Crippen LogP contribution in [0.4, 0.5) is 0 Å². The van der Waals surface area contributed by atoms with E-state index in [-0.39, 0.29) is 5.48 Å². The summed E-state index contributed by atoms with van der Waals surface area (Å²) in [5.41, 5.74) is 0.249. The zero-order valence-corrected chi connectivity index (χ0v) is 14.8. The van der Waals surface area contributed by atoms with E-state index in [1.807, 2.05) is 24.3 Å². The summed E-state index contributed by atoms with van der Waals surface area (Å²) in [6, 6.07) is 12.5. The average molecular weight is 354 g/mol. The van der Waals surface area contributed by atoms with Crippen LogP contribution in [-0.4, -0.2) is 12.1 Å². The van der Waals surface area contributed by atoms with Crippen molar-refractivity contribution in [2.24, 2.45) is 5.92 Å². The highest BCUT2D eigenvalue weighted by Crippen LogP contribution is 2.25. The van der Waals surface area contributed by atoms with E-state index in [1.54, 1.807) is 18.2 Å². The molecule has 2 nitrogen and oxygen atoms in total. The molecule has 0 aliphatic carbocycles. The van der Waals surface area contributed by atoms with Crippen molar-refractivity contribution < 1.29 is 9.84 Å². The molecule has 0 aliphatic rings. The Balaban J connectivity index is 2.18. The second-order valence-electron chi connectivity index (χ2n) is 5.21. The Morgan fingerprint density at radius 2 is 1.68 bits per heavy atom. The molecule has 116 valence electrons. The number of halogens is 2. The molecule has 22 heavy (non-hydrogen) atoms. The topological polar surface area (TPSA) is 32.3 Å². The van der Waals surface area contributed by atoms with E-state index in [1.165, 1.54) is 0 Å². The maximum atomic E-state index is 12.3. The Morgan fingerprint density at radius 1 is 1.09 bits per heavy atom. The molecule has 2 aromatic rings. The quantitative estimate of drug-likeness (QED) is 0.756. The lowest BCUT2D eigenvalue weighted by Gasteiger charge is -2.15. The van der Waals surface area contributed by atoms with Gasteiger partial charge in [0.25, 0.3) is 0 Å². The first-order chi connectivity index (χ1) is 10.5. The van der Waals surface area contributed by atoms with Crippen molar-refractivity contribution in [3.8, 4) is 5.75 Å². The molecule has 0 aromatic heterocycles. The van der Waals surface area contributed by atoms with Crippen molar-refractivity contribution in [3.05, 3.63) is 58.1 Å². The summed E-state index contributed by atoms with van der Waals surface area (Å²) >= 11 is 12.1. The minimum absolute atomic E-state index is 0.119. The van der Waals surface area contributed by atoms with Crippen LogP contribution in [0.25, 0.3) is 0 Å². The number of rotatable bonds is 5. The SMILES string of the molecule is CC(C)COc1ccc(P=C([O-])c2c(Cl)cccc2Cl)cc1. The maximum Gasteiger partial charge on any atom is 0.119 e. The summed E-state index contributed by atoms with van der Waals surface area (Å²) in [5.74, 6) is 1.28.